The number of aliphatic hydroxyl groups excluding tert-OH is 1. The number of carbonyl (C=O) groups is 1. The molecule has 5 rings (SSSR count). The molecule has 1 aromatic heterocycles. The van der Waals surface area contributed by atoms with Gasteiger partial charge < -0.3 is 34.0 Å². The highest BCUT2D eigenvalue weighted by Crippen LogP contribution is 2.35. The van der Waals surface area contributed by atoms with E-state index in [4.69, 9.17) is 19.0 Å². The Kier molecular flexibility index (Phi) is 10.5. The molecule has 1 amide bonds. The Morgan fingerprint density at radius 1 is 1.02 bits per heavy atom. The van der Waals surface area contributed by atoms with E-state index in [1.807, 2.05) is 41.1 Å². The average Bonchev–Trinajstić information content (AvgIpc) is 3.69. The molecule has 2 N–H and O–H groups in total. The van der Waals surface area contributed by atoms with Crippen LogP contribution in [0.1, 0.15) is 37.7 Å². The molecule has 0 saturated heterocycles. The SMILES string of the molecule is CC(C)CN(OC(=O)NC(Cc1ccc(OCc2nccn2Cc2ccccc2)cc1)C(C)O)S(=O)(=O)c1ccc2c(c1)OCO2. The molecule has 4 aromatic rings. The number of ether oxygens (including phenoxy) is 3. The molecular weight excluding hydrogens is 612 g/mol. The van der Waals surface area contributed by atoms with Gasteiger partial charge in [-0.1, -0.05) is 56.3 Å². The van der Waals surface area contributed by atoms with Gasteiger partial charge in [0, 0.05) is 25.0 Å². The van der Waals surface area contributed by atoms with Gasteiger partial charge in [0.25, 0.3) is 10.0 Å². The van der Waals surface area contributed by atoms with E-state index in [0.717, 1.165) is 17.0 Å². The van der Waals surface area contributed by atoms with E-state index < -0.39 is 28.3 Å². The summed E-state index contributed by atoms with van der Waals surface area (Å²) in [6.07, 6.45) is 1.94. The van der Waals surface area contributed by atoms with Crippen LogP contribution in [-0.4, -0.2) is 59.1 Å². The zero-order valence-electron chi connectivity index (χ0n) is 25.9. The van der Waals surface area contributed by atoms with Crippen LogP contribution in [0.15, 0.2) is 90.1 Å². The average molecular weight is 651 g/mol. The standard InChI is InChI=1S/C33H38N4O8S/c1-23(2)19-37(46(40,41)28-13-14-30-31(18-28)44-22-43-30)45-33(39)35-29(24(3)38)17-25-9-11-27(12-10-25)42-21-32-34-15-16-36(32)20-26-7-5-4-6-8-26/h4-16,18,23-24,29,38H,17,19-22H2,1-3H3,(H,35,39). The van der Waals surface area contributed by atoms with Crippen molar-refractivity contribution in [2.24, 2.45) is 5.92 Å². The molecule has 12 nitrogen and oxygen atoms in total. The summed E-state index contributed by atoms with van der Waals surface area (Å²) >= 11 is 0. The summed E-state index contributed by atoms with van der Waals surface area (Å²) < 4.78 is 46.1. The van der Waals surface area contributed by atoms with Crippen molar-refractivity contribution in [2.45, 2.75) is 57.4 Å². The van der Waals surface area contributed by atoms with Crippen molar-refractivity contribution in [2.75, 3.05) is 13.3 Å². The topological polar surface area (TPSA) is 141 Å². The third-order valence-corrected chi connectivity index (χ3v) is 8.85. The van der Waals surface area contributed by atoms with Crippen LogP contribution in [-0.2, 0) is 34.4 Å². The third-order valence-electron chi connectivity index (χ3n) is 7.24. The quantitative estimate of drug-likeness (QED) is 0.189. The van der Waals surface area contributed by atoms with Crippen LogP contribution in [0.4, 0.5) is 4.79 Å². The van der Waals surface area contributed by atoms with Gasteiger partial charge in [0.2, 0.25) is 6.79 Å². The first-order valence-corrected chi connectivity index (χ1v) is 16.4. The van der Waals surface area contributed by atoms with Crippen molar-refractivity contribution in [1.82, 2.24) is 19.3 Å². The molecule has 46 heavy (non-hydrogen) atoms. The van der Waals surface area contributed by atoms with Crippen LogP contribution in [0.3, 0.4) is 0 Å². The van der Waals surface area contributed by atoms with Crippen LogP contribution in [0, 0.1) is 5.92 Å². The molecule has 0 radical (unpaired) electrons. The normalized spacial score (nSPS) is 13.9. The Bertz CT molecular complexity index is 1710. The van der Waals surface area contributed by atoms with Gasteiger partial charge in [0.1, 0.15) is 18.2 Å². The Balaban J connectivity index is 1.18. The van der Waals surface area contributed by atoms with Crippen molar-refractivity contribution < 1.29 is 37.4 Å². The molecule has 2 atom stereocenters. The molecule has 0 saturated carbocycles. The molecule has 244 valence electrons. The first-order valence-electron chi connectivity index (χ1n) is 14.9. The van der Waals surface area contributed by atoms with Gasteiger partial charge in [-0.2, -0.15) is 0 Å². The summed E-state index contributed by atoms with van der Waals surface area (Å²) in [5, 5.41) is 13.1. The predicted molar refractivity (Wildman–Crippen MR) is 169 cm³/mol. The largest absolute Gasteiger partial charge is 0.486 e. The molecule has 1 aliphatic heterocycles. The van der Waals surface area contributed by atoms with Crippen LogP contribution in [0.2, 0.25) is 0 Å². The number of hydroxylamine groups is 1. The number of benzene rings is 3. The monoisotopic (exact) mass is 650 g/mol. The fourth-order valence-corrected chi connectivity index (χ4v) is 6.17. The number of nitrogens with zero attached hydrogens (tertiary/aromatic N) is 3. The van der Waals surface area contributed by atoms with E-state index in [-0.39, 0.29) is 42.9 Å². The lowest BCUT2D eigenvalue weighted by atomic mass is 10.0. The number of aromatic nitrogens is 2. The molecule has 0 fully saturated rings. The van der Waals surface area contributed by atoms with Crippen LogP contribution in [0.25, 0.3) is 0 Å². The lowest BCUT2D eigenvalue weighted by molar-refractivity contribution is -0.0323. The zero-order chi connectivity index (χ0) is 32.7. The first kappa shape index (κ1) is 32.8. The summed E-state index contributed by atoms with van der Waals surface area (Å²) in [6.45, 7) is 6.01. The summed E-state index contributed by atoms with van der Waals surface area (Å²) in [4.78, 5) is 22.6. The minimum Gasteiger partial charge on any atom is -0.486 e. The highest BCUT2D eigenvalue weighted by Gasteiger charge is 2.32. The minimum absolute atomic E-state index is 0.00860. The van der Waals surface area contributed by atoms with Gasteiger partial charge >= 0.3 is 6.09 Å². The lowest BCUT2D eigenvalue weighted by Gasteiger charge is -2.25. The molecule has 0 bridgehead atoms. The second-order valence-corrected chi connectivity index (χ2v) is 13.2. The molecule has 0 aliphatic carbocycles. The number of rotatable bonds is 14. The van der Waals surface area contributed by atoms with E-state index in [9.17, 15) is 18.3 Å². The summed E-state index contributed by atoms with van der Waals surface area (Å²) in [5.41, 5.74) is 1.98. The Hall–Kier alpha value is -4.59. The van der Waals surface area contributed by atoms with Crippen molar-refractivity contribution >= 4 is 16.1 Å². The van der Waals surface area contributed by atoms with Crippen molar-refractivity contribution in [1.29, 1.82) is 0 Å². The highest BCUT2D eigenvalue weighted by molar-refractivity contribution is 7.89. The molecular formula is C33H38N4O8S. The number of aliphatic hydroxyl groups is 1. The fraction of sp³-hybridized carbons (Fsp3) is 0.333. The van der Waals surface area contributed by atoms with Gasteiger partial charge in [-0.05, 0) is 59.1 Å². The fourth-order valence-electron chi connectivity index (χ4n) is 4.78. The molecule has 2 heterocycles. The zero-order valence-corrected chi connectivity index (χ0v) is 26.7. The van der Waals surface area contributed by atoms with E-state index in [0.29, 0.717) is 22.5 Å². The maximum absolute atomic E-state index is 13.4. The molecule has 2 unspecified atom stereocenters. The van der Waals surface area contributed by atoms with E-state index >= 15 is 0 Å². The summed E-state index contributed by atoms with van der Waals surface area (Å²) in [7, 11) is -4.24. The number of carbonyl (C=O) groups excluding carboxylic acids is 1. The Labute approximate surface area is 268 Å². The van der Waals surface area contributed by atoms with E-state index in [2.05, 4.69) is 22.4 Å². The number of nitrogens with one attached hydrogen (secondary N) is 1. The van der Waals surface area contributed by atoms with Gasteiger partial charge in [-0.3, -0.25) is 0 Å². The third kappa shape index (κ3) is 8.36. The molecule has 13 heteroatoms. The van der Waals surface area contributed by atoms with Crippen molar-refractivity contribution in [3.63, 3.8) is 0 Å². The van der Waals surface area contributed by atoms with Gasteiger partial charge in [-0.25, -0.2) is 18.2 Å². The summed E-state index contributed by atoms with van der Waals surface area (Å²) in [6, 6.07) is 20.8. The second kappa shape index (κ2) is 14.7. The smallest absolute Gasteiger partial charge is 0.427 e. The number of sulfonamides is 1. The minimum atomic E-state index is -4.24. The number of imidazole rings is 1. The lowest BCUT2D eigenvalue weighted by Crippen LogP contribution is -2.47. The van der Waals surface area contributed by atoms with Gasteiger partial charge in [0.15, 0.2) is 11.5 Å². The van der Waals surface area contributed by atoms with E-state index in [1.165, 1.54) is 25.1 Å². The highest BCUT2D eigenvalue weighted by atomic mass is 32.2. The number of amides is 1. The maximum atomic E-state index is 13.4. The van der Waals surface area contributed by atoms with Crippen molar-refractivity contribution in [3.05, 3.63) is 102 Å². The molecule has 0 spiro atoms. The molecule has 3 aromatic carbocycles. The maximum Gasteiger partial charge on any atom is 0.427 e. The predicted octanol–water partition coefficient (Wildman–Crippen LogP) is 4.52. The van der Waals surface area contributed by atoms with Gasteiger partial charge in [0.05, 0.1) is 23.6 Å². The number of hydrogen-bond donors (Lipinski definition) is 2. The summed E-state index contributed by atoms with van der Waals surface area (Å²) in [5.74, 6) is 1.98. The number of fused-ring (bicyclic) bond motifs is 1. The van der Waals surface area contributed by atoms with Crippen LogP contribution >= 0.6 is 0 Å². The number of hydrogen-bond acceptors (Lipinski definition) is 9. The Morgan fingerprint density at radius 2 is 1.76 bits per heavy atom. The first-order chi connectivity index (χ1) is 22.1. The molecule has 1 aliphatic rings. The van der Waals surface area contributed by atoms with Crippen molar-refractivity contribution in [3.8, 4) is 17.2 Å². The van der Waals surface area contributed by atoms with Crippen LogP contribution in [0.5, 0.6) is 17.2 Å². The Morgan fingerprint density at radius 3 is 2.48 bits per heavy atom. The van der Waals surface area contributed by atoms with E-state index in [1.54, 1.807) is 32.2 Å². The van der Waals surface area contributed by atoms with Crippen LogP contribution < -0.4 is 19.5 Å². The van der Waals surface area contributed by atoms with Gasteiger partial charge in [-0.15, -0.1) is 0 Å². The second-order valence-electron chi connectivity index (χ2n) is 11.4.